The number of hydrogen-bond acceptors (Lipinski definition) is 1. The minimum absolute atomic E-state index is 0. The standard InChI is InChI=1S/C9H12O.H4Si/c1-7-5-4-6-9(10-3)8(7)2;/h4-6H,1-3H3;1H4. The average molecular weight is 168 g/mol. The van der Waals surface area contributed by atoms with Crippen LogP contribution >= 0.6 is 0 Å². The Morgan fingerprint density at radius 2 is 1.82 bits per heavy atom. The van der Waals surface area contributed by atoms with Crippen LogP contribution in [-0.2, 0) is 0 Å². The first-order chi connectivity index (χ1) is 4.75. The molecule has 0 atom stereocenters. The zero-order valence-corrected chi connectivity index (χ0v) is 6.64. The van der Waals surface area contributed by atoms with Gasteiger partial charge in [0.2, 0.25) is 0 Å². The number of rotatable bonds is 1. The highest BCUT2D eigenvalue weighted by Crippen LogP contribution is 2.19. The lowest BCUT2D eigenvalue weighted by Gasteiger charge is -2.05. The number of ether oxygens (including phenoxy) is 1. The zero-order valence-electron chi connectivity index (χ0n) is 6.64. The van der Waals surface area contributed by atoms with Crippen molar-refractivity contribution in [2.75, 3.05) is 7.11 Å². The first kappa shape index (κ1) is 10.2. The molecule has 0 spiro atoms. The molecule has 0 N–H and O–H groups in total. The molecule has 0 aliphatic heterocycles. The Morgan fingerprint density at radius 1 is 1.18 bits per heavy atom. The van der Waals surface area contributed by atoms with Crippen LogP contribution in [0.5, 0.6) is 5.75 Å². The molecular weight excluding hydrogens is 152 g/mol. The van der Waals surface area contributed by atoms with Crippen molar-refractivity contribution in [3.63, 3.8) is 0 Å². The maximum Gasteiger partial charge on any atom is 0.122 e. The number of benzene rings is 1. The summed E-state index contributed by atoms with van der Waals surface area (Å²) in [7, 11) is 1.70. The Morgan fingerprint density at radius 3 is 2.27 bits per heavy atom. The molecule has 1 aromatic carbocycles. The van der Waals surface area contributed by atoms with Gasteiger partial charge in [0.05, 0.1) is 7.11 Å². The Kier molecular flexibility index (Phi) is 3.89. The Bertz CT molecular complexity index is 233. The number of methoxy groups -OCH3 is 1. The maximum atomic E-state index is 5.13. The third-order valence-corrected chi connectivity index (χ3v) is 1.77. The largest absolute Gasteiger partial charge is 0.496 e. The van der Waals surface area contributed by atoms with Gasteiger partial charge in [0.1, 0.15) is 5.75 Å². The molecule has 0 saturated heterocycles. The fraction of sp³-hybridized carbons (Fsp3) is 0.333. The van der Waals surface area contributed by atoms with Gasteiger partial charge in [-0.05, 0) is 42.0 Å². The fourth-order valence-corrected chi connectivity index (χ4v) is 0.945. The van der Waals surface area contributed by atoms with E-state index in [2.05, 4.69) is 19.9 Å². The maximum absolute atomic E-state index is 5.13. The SMILES string of the molecule is COc1cccc(C)c1C.[SiH4]. The second kappa shape index (κ2) is 4.19. The molecule has 0 fully saturated rings. The van der Waals surface area contributed by atoms with E-state index in [-0.39, 0.29) is 11.0 Å². The molecule has 1 aromatic rings. The van der Waals surface area contributed by atoms with E-state index in [0.29, 0.717) is 0 Å². The summed E-state index contributed by atoms with van der Waals surface area (Å²) in [6.07, 6.45) is 0. The lowest BCUT2D eigenvalue weighted by atomic mass is 10.1. The summed E-state index contributed by atoms with van der Waals surface area (Å²) in [6.45, 7) is 4.14. The topological polar surface area (TPSA) is 9.23 Å². The fourth-order valence-electron chi connectivity index (χ4n) is 0.945. The Balaban J connectivity index is 0.000001000. The highest BCUT2D eigenvalue weighted by atomic mass is 28.1. The minimum Gasteiger partial charge on any atom is -0.496 e. The predicted molar refractivity (Wildman–Crippen MR) is 53.8 cm³/mol. The third-order valence-electron chi connectivity index (χ3n) is 1.77. The normalized spacial score (nSPS) is 8.64. The van der Waals surface area contributed by atoms with Crippen molar-refractivity contribution in [2.45, 2.75) is 13.8 Å². The minimum atomic E-state index is 0. The average Bonchev–Trinajstić information content (AvgIpc) is 1.95. The second-order valence-corrected chi connectivity index (χ2v) is 2.40. The first-order valence-electron chi connectivity index (χ1n) is 3.36. The predicted octanol–water partition coefficient (Wildman–Crippen LogP) is 0.860. The van der Waals surface area contributed by atoms with E-state index < -0.39 is 0 Å². The molecule has 11 heavy (non-hydrogen) atoms. The Labute approximate surface area is 72.4 Å². The highest BCUT2D eigenvalue weighted by molar-refractivity contribution is 5.75. The summed E-state index contributed by atoms with van der Waals surface area (Å²) in [5, 5.41) is 0. The monoisotopic (exact) mass is 168 g/mol. The summed E-state index contributed by atoms with van der Waals surface area (Å²) in [5.74, 6) is 0.972. The van der Waals surface area contributed by atoms with Gasteiger partial charge in [0, 0.05) is 0 Å². The van der Waals surface area contributed by atoms with Crippen LogP contribution in [0.4, 0.5) is 0 Å². The molecule has 62 valence electrons. The molecule has 1 rings (SSSR count). The molecule has 0 radical (unpaired) electrons. The zero-order chi connectivity index (χ0) is 7.56. The first-order valence-corrected chi connectivity index (χ1v) is 3.36. The third kappa shape index (κ3) is 2.08. The van der Waals surface area contributed by atoms with Crippen LogP contribution in [0.25, 0.3) is 0 Å². The van der Waals surface area contributed by atoms with E-state index in [1.807, 2.05) is 12.1 Å². The molecule has 0 amide bonds. The number of hydrogen-bond donors (Lipinski definition) is 0. The van der Waals surface area contributed by atoms with Crippen LogP contribution < -0.4 is 4.74 Å². The molecule has 0 aromatic heterocycles. The molecule has 1 nitrogen and oxygen atoms in total. The molecule has 2 heteroatoms. The summed E-state index contributed by atoms with van der Waals surface area (Å²) < 4.78 is 5.13. The van der Waals surface area contributed by atoms with Crippen molar-refractivity contribution in [1.29, 1.82) is 0 Å². The smallest absolute Gasteiger partial charge is 0.122 e. The van der Waals surface area contributed by atoms with Gasteiger partial charge in [-0.1, -0.05) is 12.1 Å². The van der Waals surface area contributed by atoms with Gasteiger partial charge in [0.25, 0.3) is 0 Å². The van der Waals surface area contributed by atoms with Crippen molar-refractivity contribution >= 4 is 11.0 Å². The Hall–Kier alpha value is -0.763. The van der Waals surface area contributed by atoms with Gasteiger partial charge < -0.3 is 4.74 Å². The van der Waals surface area contributed by atoms with Gasteiger partial charge in [-0.25, -0.2) is 0 Å². The van der Waals surface area contributed by atoms with Gasteiger partial charge in [-0.15, -0.1) is 0 Å². The molecule has 0 bridgehead atoms. The van der Waals surface area contributed by atoms with Gasteiger partial charge in [-0.3, -0.25) is 0 Å². The van der Waals surface area contributed by atoms with Crippen molar-refractivity contribution in [1.82, 2.24) is 0 Å². The van der Waals surface area contributed by atoms with E-state index in [9.17, 15) is 0 Å². The van der Waals surface area contributed by atoms with Crippen LogP contribution in [0, 0.1) is 13.8 Å². The van der Waals surface area contributed by atoms with Gasteiger partial charge in [-0.2, -0.15) is 0 Å². The summed E-state index contributed by atoms with van der Waals surface area (Å²) in [4.78, 5) is 0. The van der Waals surface area contributed by atoms with Crippen LogP contribution in [0.2, 0.25) is 0 Å². The summed E-state index contributed by atoms with van der Waals surface area (Å²) >= 11 is 0. The van der Waals surface area contributed by atoms with Crippen LogP contribution in [0.1, 0.15) is 11.1 Å². The molecule has 0 heterocycles. The highest BCUT2D eigenvalue weighted by Gasteiger charge is 1.97. The molecule has 0 unspecified atom stereocenters. The van der Waals surface area contributed by atoms with E-state index in [1.54, 1.807) is 7.11 Å². The second-order valence-electron chi connectivity index (χ2n) is 2.40. The van der Waals surface area contributed by atoms with Crippen LogP contribution in [0.3, 0.4) is 0 Å². The van der Waals surface area contributed by atoms with E-state index in [4.69, 9.17) is 4.74 Å². The van der Waals surface area contributed by atoms with Crippen molar-refractivity contribution in [2.24, 2.45) is 0 Å². The van der Waals surface area contributed by atoms with Crippen LogP contribution in [-0.4, -0.2) is 18.1 Å². The van der Waals surface area contributed by atoms with Gasteiger partial charge in [0.15, 0.2) is 0 Å². The molecule has 0 aliphatic carbocycles. The lowest BCUT2D eigenvalue weighted by Crippen LogP contribution is -1.88. The summed E-state index contributed by atoms with van der Waals surface area (Å²) in [5.41, 5.74) is 2.50. The number of aryl methyl sites for hydroxylation is 1. The van der Waals surface area contributed by atoms with E-state index in [0.717, 1.165) is 5.75 Å². The molecule has 0 saturated carbocycles. The molecule has 0 aliphatic rings. The van der Waals surface area contributed by atoms with Crippen LogP contribution in [0.15, 0.2) is 18.2 Å². The van der Waals surface area contributed by atoms with Crippen molar-refractivity contribution in [3.05, 3.63) is 29.3 Å². The quantitative estimate of drug-likeness (QED) is 0.565. The molecular formula is C9H16OSi. The van der Waals surface area contributed by atoms with E-state index >= 15 is 0 Å². The van der Waals surface area contributed by atoms with Gasteiger partial charge >= 0.3 is 0 Å². The summed E-state index contributed by atoms with van der Waals surface area (Å²) in [6, 6.07) is 6.06. The van der Waals surface area contributed by atoms with Crippen molar-refractivity contribution in [3.8, 4) is 5.75 Å². The van der Waals surface area contributed by atoms with Crippen molar-refractivity contribution < 1.29 is 4.74 Å². The van der Waals surface area contributed by atoms with E-state index in [1.165, 1.54) is 11.1 Å². The lowest BCUT2D eigenvalue weighted by molar-refractivity contribution is 0.411.